The topological polar surface area (TPSA) is 71.1 Å². The first-order valence-corrected chi connectivity index (χ1v) is 7.15. The summed E-state index contributed by atoms with van der Waals surface area (Å²) < 4.78 is 20.4. The summed E-state index contributed by atoms with van der Waals surface area (Å²) in [5, 5.41) is 0. The number of ether oxygens (including phenoxy) is 4. The number of methoxy groups -OCH3 is 3. The van der Waals surface area contributed by atoms with Gasteiger partial charge in [-0.25, -0.2) is 4.79 Å². The molecule has 6 heteroatoms. The zero-order valence-corrected chi connectivity index (χ0v) is 13.7. The van der Waals surface area contributed by atoms with Crippen molar-refractivity contribution in [3.8, 4) is 17.2 Å². The Balaban J connectivity index is 2.08. The Morgan fingerprint density at radius 2 is 1.58 bits per heavy atom. The van der Waals surface area contributed by atoms with Crippen LogP contribution in [0.15, 0.2) is 42.5 Å². The minimum Gasteiger partial charge on any atom is -0.497 e. The molecule has 126 valence electrons. The molecule has 24 heavy (non-hydrogen) atoms. The smallest absolute Gasteiger partial charge is 0.338 e. The monoisotopic (exact) mass is 330 g/mol. The fourth-order valence-corrected chi connectivity index (χ4v) is 2.07. The van der Waals surface area contributed by atoms with Crippen molar-refractivity contribution in [3.63, 3.8) is 0 Å². The lowest BCUT2D eigenvalue weighted by molar-refractivity contribution is 0.0473. The van der Waals surface area contributed by atoms with Crippen molar-refractivity contribution in [2.45, 2.75) is 0 Å². The van der Waals surface area contributed by atoms with E-state index in [4.69, 9.17) is 18.9 Å². The van der Waals surface area contributed by atoms with Gasteiger partial charge in [0.05, 0.1) is 32.5 Å². The van der Waals surface area contributed by atoms with E-state index < -0.39 is 12.6 Å². The molecular formula is C18H18O6. The largest absolute Gasteiger partial charge is 0.497 e. The van der Waals surface area contributed by atoms with Crippen molar-refractivity contribution in [1.82, 2.24) is 0 Å². The maximum Gasteiger partial charge on any atom is 0.338 e. The maximum absolute atomic E-state index is 12.3. The van der Waals surface area contributed by atoms with Crippen LogP contribution in [0.3, 0.4) is 0 Å². The molecule has 0 spiro atoms. The third kappa shape index (κ3) is 4.04. The second-order valence-electron chi connectivity index (χ2n) is 4.80. The minimum atomic E-state index is -0.607. The summed E-state index contributed by atoms with van der Waals surface area (Å²) in [6, 6.07) is 11.3. The quantitative estimate of drug-likeness (QED) is 0.574. The molecule has 0 aromatic heterocycles. The molecule has 0 aliphatic carbocycles. The van der Waals surface area contributed by atoms with Crippen LogP contribution in [0.25, 0.3) is 0 Å². The molecule has 0 fully saturated rings. The van der Waals surface area contributed by atoms with Crippen LogP contribution in [0.1, 0.15) is 20.7 Å². The average Bonchev–Trinajstić information content (AvgIpc) is 2.65. The number of rotatable bonds is 7. The van der Waals surface area contributed by atoms with Gasteiger partial charge in [-0.3, -0.25) is 4.79 Å². The third-order valence-electron chi connectivity index (χ3n) is 3.35. The summed E-state index contributed by atoms with van der Waals surface area (Å²) in [5.74, 6) is 0.438. The van der Waals surface area contributed by atoms with Crippen molar-refractivity contribution in [2.75, 3.05) is 27.9 Å². The average molecular weight is 330 g/mol. The van der Waals surface area contributed by atoms with Crippen molar-refractivity contribution < 1.29 is 28.5 Å². The van der Waals surface area contributed by atoms with Crippen molar-refractivity contribution in [2.24, 2.45) is 0 Å². The van der Waals surface area contributed by atoms with Gasteiger partial charge in [-0.2, -0.15) is 0 Å². The molecule has 2 rings (SSSR count). The number of Topliss-reactive ketones (excluding diaryl/α,β-unsaturated/α-hetero) is 1. The summed E-state index contributed by atoms with van der Waals surface area (Å²) in [5.41, 5.74) is 0.593. The van der Waals surface area contributed by atoms with Gasteiger partial charge in [0.2, 0.25) is 5.78 Å². The number of carbonyl (C=O) groups excluding carboxylic acids is 2. The number of hydrogen-bond donors (Lipinski definition) is 0. The Bertz CT molecular complexity index is 738. The van der Waals surface area contributed by atoms with E-state index >= 15 is 0 Å². The summed E-state index contributed by atoms with van der Waals surface area (Å²) >= 11 is 0. The van der Waals surface area contributed by atoms with Gasteiger partial charge in [0.1, 0.15) is 17.2 Å². The van der Waals surface area contributed by atoms with E-state index in [1.807, 2.05) is 0 Å². The van der Waals surface area contributed by atoms with Crippen LogP contribution < -0.4 is 14.2 Å². The van der Waals surface area contributed by atoms with E-state index in [0.717, 1.165) is 0 Å². The molecule has 2 aromatic rings. The highest BCUT2D eigenvalue weighted by Crippen LogP contribution is 2.24. The normalized spacial score (nSPS) is 9.96. The first-order chi connectivity index (χ1) is 11.6. The highest BCUT2D eigenvalue weighted by atomic mass is 16.5. The van der Waals surface area contributed by atoms with E-state index in [9.17, 15) is 9.59 Å². The summed E-state index contributed by atoms with van der Waals surface area (Å²) in [6.07, 6.45) is 0. The van der Waals surface area contributed by atoms with Gasteiger partial charge in [0.25, 0.3) is 0 Å². The molecule has 6 nitrogen and oxygen atoms in total. The molecule has 0 amide bonds. The predicted octanol–water partition coefficient (Wildman–Crippen LogP) is 2.75. The maximum atomic E-state index is 12.3. The zero-order chi connectivity index (χ0) is 17.5. The van der Waals surface area contributed by atoms with Crippen LogP contribution in [0, 0.1) is 0 Å². The third-order valence-corrected chi connectivity index (χ3v) is 3.35. The van der Waals surface area contributed by atoms with Crippen LogP contribution in [0.5, 0.6) is 17.2 Å². The summed E-state index contributed by atoms with van der Waals surface area (Å²) in [4.78, 5) is 24.4. The van der Waals surface area contributed by atoms with Gasteiger partial charge >= 0.3 is 5.97 Å². The minimum absolute atomic E-state index is 0.287. The molecule has 2 aromatic carbocycles. The molecular weight excluding hydrogens is 312 g/mol. The van der Waals surface area contributed by atoms with E-state index in [2.05, 4.69) is 0 Å². The highest BCUT2D eigenvalue weighted by molar-refractivity contribution is 6.01. The predicted molar refractivity (Wildman–Crippen MR) is 87.2 cm³/mol. The number of ketones is 1. The van der Waals surface area contributed by atoms with Crippen LogP contribution in [0.2, 0.25) is 0 Å². The van der Waals surface area contributed by atoms with Crippen molar-refractivity contribution >= 4 is 11.8 Å². The van der Waals surface area contributed by atoms with Gasteiger partial charge in [-0.1, -0.05) is 6.07 Å². The number of esters is 1. The Morgan fingerprint density at radius 1 is 0.875 bits per heavy atom. The lowest BCUT2D eigenvalue weighted by atomic mass is 10.1. The number of hydrogen-bond acceptors (Lipinski definition) is 6. The first kappa shape index (κ1) is 17.3. The molecule has 0 aliphatic heterocycles. The Kier molecular flexibility index (Phi) is 5.78. The van der Waals surface area contributed by atoms with Gasteiger partial charge < -0.3 is 18.9 Å². The van der Waals surface area contributed by atoms with Gasteiger partial charge in [0, 0.05) is 0 Å². The zero-order valence-electron chi connectivity index (χ0n) is 13.7. The second-order valence-corrected chi connectivity index (χ2v) is 4.80. The van der Waals surface area contributed by atoms with Crippen LogP contribution in [0.4, 0.5) is 0 Å². The van der Waals surface area contributed by atoms with Crippen LogP contribution in [-0.4, -0.2) is 39.7 Å². The van der Waals surface area contributed by atoms with E-state index in [1.165, 1.54) is 21.3 Å². The summed E-state index contributed by atoms with van der Waals surface area (Å²) in [6.45, 7) is -0.403. The molecule has 0 atom stereocenters. The van der Waals surface area contributed by atoms with Gasteiger partial charge in [-0.05, 0) is 36.4 Å². The SMILES string of the molecule is COc1cccc(C(=O)OCC(=O)c2cc(OC)ccc2OC)c1. The molecule has 0 unspecified atom stereocenters. The van der Waals surface area contributed by atoms with Crippen molar-refractivity contribution in [3.05, 3.63) is 53.6 Å². The Labute approximate surface area is 139 Å². The Morgan fingerprint density at radius 3 is 2.25 bits per heavy atom. The second kappa shape index (κ2) is 8.01. The first-order valence-electron chi connectivity index (χ1n) is 7.15. The molecule has 0 heterocycles. The van der Waals surface area contributed by atoms with Crippen LogP contribution >= 0.6 is 0 Å². The van der Waals surface area contributed by atoms with Gasteiger partial charge in [-0.15, -0.1) is 0 Å². The number of carbonyl (C=O) groups is 2. The lowest BCUT2D eigenvalue weighted by Gasteiger charge is -2.10. The fraction of sp³-hybridized carbons (Fsp3) is 0.222. The summed E-state index contributed by atoms with van der Waals surface area (Å²) in [7, 11) is 4.46. The van der Waals surface area contributed by atoms with Crippen molar-refractivity contribution in [1.29, 1.82) is 0 Å². The van der Waals surface area contributed by atoms with Gasteiger partial charge in [0.15, 0.2) is 6.61 Å². The van der Waals surface area contributed by atoms with E-state index in [-0.39, 0.29) is 11.3 Å². The molecule has 0 N–H and O–H groups in total. The molecule has 0 radical (unpaired) electrons. The van der Waals surface area contributed by atoms with E-state index in [1.54, 1.807) is 42.5 Å². The van der Waals surface area contributed by atoms with Crippen LogP contribution in [-0.2, 0) is 4.74 Å². The molecule has 0 bridgehead atoms. The lowest BCUT2D eigenvalue weighted by Crippen LogP contribution is -2.15. The van der Waals surface area contributed by atoms with E-state index in [0.29, 0.717) is 22.8 Å². The Hall–Kier alpha value is -3.02. The number of benzene rings is 2. The standard InChI is InChI=1S/C18H18O6/c1-21-13-6-4-5-12(9-13)18(20)24-11-16(19)15-10-14(22-2)7-8-17(15)23-3/h4-10H,11H2,1-3H3. The molecule has 0 saturated heterocycles. The molecule has 0 saturated carbocycles. The fourth-order valence-electron chi connectivity index (χ4n) is 2.07. The molecule has 0 aliphatic rings. The highest BCUT2D eigenvalue weighted by Gasteiger charge is 2.17.